The van der Waals surface area contributed by atoms with E-state index in [1.807, 2.05) is 6.92 Å². The molecule has 7 heteroatoms. The van der Waals surface area contributed by atoms with Gasteiger partial charge < -0.3 is 10.3 Å². The van der Waals surface area contributed by atoms with Crippen molar-refractivity contribution in [3.63, 3.8) is 0 Å². The summed E-state index contributed by atoms with van der Waals surface area (Å²) < 4.78 is 28.6. The highest BCUT2D eigenvalue weighted by Crippen LogP contribution is 2.18. The molecule has 6 nitrogen and oxygen atoms in total. The highest BCUT2D eigenvalue weighted by atomic mass is 32.2. The lowest BCUT2D eigenvalue weighted by Crippen LogP contribution is -2.12. The maximum atomic E-state index is 12.2. The summed E-state index contributed by atoms with van der Waals surface area (Å²) in [5.74, 6) is 0. The Hall–Kier alpha value is -1.86. The van der Waals surface area contributed by atoms with E-state index in [4.69, 9.17) is 5.73 Å². The number of hydrogen-bond acceptors (Lipinski definition) is 4. The average Bonchev–Trinajstić information content (AvgIpc) is 2.71. The Morgan fingerprint density at radius 3 is 2.68 bits per heavy atom. The molecule has 0 saturated carbocycles. The lowest BCUT2D eigenvalue weighted by atomic mass is 10.3. The number of rotatable bonds is 4. The molecule has 0 amide bonds. The fraction of sp³-hybridized carbons (Fsp3) is 0.250. The van der Waals surface area contributed by atoms with Crippen molar-refractivity contribution < 1.29 is 8.42 Å². The van der Waals surface area contributed by atoms with Crippen LogP contribution in [0.3, 0.4) is 0 Å². The lowest BCUT2D eigenvalue weighted by Gasteiger charge is -2.06. The minimum atomic E-state index is -3.61. The van der Waals surface area contributed by atoms with Gasteiger partial charge in [0, 0.05) is 31.7 Å². The highest BCUT2D eigenvalue weighted by molar-refractivity contribution is 7.92. The molecule has 0 saturated heterocycles. The maximum Gasteiger partial charge on any atom is 0.263 e. The third-order valence-electron chi connectivity index (χ3n) is 2.73. The van der Waals surface area contributed by atoms with E-state index in [1.165, 1.54) is 12.4 Å². The molecule has 2 aromatic heterocycles. The first kappa shape index (κ1) is 13.6. The number of hydrogen-bond donors (Lipinski definition) is 2. The zero-order chi connectivity index (χ0) is 14.0. The SMILES string of the molecule is Cc1cncc(NS(=O)(=O)c2cc(CN)n(C)c2)c1. The number of aromatic nitrogens is 2. The molecular formula is C12H16N4O2S. The summed E-state index contributed by atoms with van der Waals surface area (Å²) in [6, 6.07) is 3.28. The second-order valence-electron chi connectivity index (χ2n) is 4.34. The fourth-order valence-electron chi connectivity index (χ4n) is 1.75. The van der Waals surface area contributed by atoms with E-state index in [-0.39, 0.29) is 11.4 Å². The van der Waals surface area contributed by atoms with Crippen LogP contribution < -0.4 is 10.5 Å². The van der Waals surface area contributed by atoms with Crippen molar-refractivity contribution in [2.45, 2.75) is 18.4 Å². The van der Waals surface area contributed by atoms with Crippen LogP contribution in [0.2, 0.25) is 0 Å². The molecule has 0 aliphatic rings. The van der Waals surface area contributed by atoms with Crippen molar-refractivity contribution >= 4 is 15.7 Å². The van der Waals surface area contributed by atoms with Gasteiger partial charge in [-0.15, -0.1) is 0 Å². The average molecular weight is 280 g/mol. The van der Waals surface area contributed by atoms with Crippen molar-refractivity contribution in [3.05, 3.63) is 42.0 Å². The first-order valence-corrected chi connectivity index (χ1v) is 7.20. The van der Waals surface area contributed by atoms with Crippen LogP contribution >= 0.6 is 0 Å². The number of anilines is 1. The van der Waals surface area contributed by atoms with Crippen LogP contribution in [-0.2, 0) is 23.6 Å². The smallest absolute Gasteiger partial charge is 0.263 e. The third kappa shape index (κ3) is 2.94. The molecule has 0 atom stereocenters. The highest BCUT2D eigenvalue weighted by Gasteiger charge is 2.17. The van der Waals surface area contributed by atoms with Crippen LogP contribution in [-0.4, -0.2) is 18.0 Å². The molecule has 102 valence electrons. The minimum Gasteiger partial charge on any atom is -0.352 e. The Balaban J connectivity index is 2.32. The second kappa shape index (κ2) is 5.02. The zero-order valence-corrected chi connectivity index (χ0v) is 11.6. The molecule has 0 unspecified atom stereocenters. The van der Waals surface area contributed by atoms with E-state index in [1.54, 1.807) is 29.9 Å². The summed E-state index contributed by atoms with van der Waals surface area (Å²) in [6.45, 7) is 2.14. The van der Waals surface area contributed by atoms with Crippen LogP contribution in [0.25, 0.3) is 0 Å². The van der Waals surface area contributed by atoms with Crippen molar-refractivity contribution in [2.75, 3.05) is 4.72 Å². The van der Waals surface area contributed by atoms with Crippen LogP contribution in [0.5, 0.6) is 0 Å². The zero-order valence-electron chi connectivity index (χ0n) is 10.8. The van der Waals surface area contributed by atoms with Crippen molar-refractivity contribution in [3.8, 4) is 0 Å². The van der Waals surface area contributed by atoms with Crippen LogP contribution in [0.1, 0.15) is 11.3 Å². The first-order valence-electron chi connectivity index (χ1n) is 5.72. The Labute approximate surface area is 112 Å². The Morgan fingerprint density at radius 2 is 2.11 bits per heavy atom. The molecule has 0 aliphatic heterocycles. The van der Waals surface area contributed by atoms with E-state index >= 15 is 0 Å². The molecule has 0 aromatic carbocycles. The molecule has 0 aliphatic carbocycles. The van der Waals surface area contributed by atoms with Crippen molar-refractivity contribution in [1.82, 2.24) is 9.55 Å². The van der Waals surface area contributed by atoms with E-state index in [2.05, 4.69) is 9.71 Å². The van der Waals surface area contributed by atoms with Gasteiger partial charge >= 0.3 is 0 Å². The van der Waals surface area contributed by atoms with Gasteiger partial charge in [0.2, 0.25) is 0 Å². The van der Waals surface area contributed by atoms with E-state index in [0.717, 1.165) is 11.3 Å². The van der Waals surface area contributed by atoms with Gasteiger partial charge in [0.15, 0.2) is 0 Å². The molecule has 0 radical (unpaired) electrons. The quantitative estimate of drug-likeness (QED) is 0.873. The van der Waals surface area contributed by atoms with Gasteiger partial charge in [-0.05, 0) is 24.6 Å². The molecule has 2 rings (SSSR count). The predicted molar refractivity (Wildman–Crippen MR) is 73.1 cm³/mol. The Kier molecular flexibility index (Phi) is 3.59. The van der Waals surface area contributed by atoms with Gasteiger partial charge in [0.05, 0.1) is 11.9 Å². The molecule has 0 spiro atoms. The van der Waals surface area contributed by atoms with E-state index < -0.39 is 10.0 Å². The van der Waals surface area contributed by atoms with Crippen LogP contribution in [0.15, 0.2) is 35.6 Å². The summed E-state index contributed by atoms with van der Waals surface area (Å²) in [7, 11) is -1.85. The fourth-order valence-corrected chi connectivity index (χ4v) is 2.88. The van der Waals surface area contributed by atoms with Crippen molar-refractivity contribution in [2.24, 2.45) is 12.8 Å². The third-order valence-corrected chi connectivity index (χ3v) is 4.08. The van der Waals surface area contributed by atoms with Gasteiger partial charge in [0.1, 0.15) is 4.90 Å². The molecule has 0 fully saturated rings. The van der Waals surface area contributed by atoms with Crippen LogP contribution in [0.4, 0.5) is 5.69 Å². The monoisotopic (exact) mass is 280 g/mol. The first-order chi connectivity index (χ1) is 8.92. The summed E-state index contributed by atoms with van der Waals surface area (Å²) in [6.07, 6.45) is 4.66. The molecule has 19 heavy (non-hydrogen) atoms. The normalized spacial score (nSPS) is 11.5. The Bertz CT molecular complexity index is 692. The van der Waals surface area contributed by atoms with Gasteiger partial charge in [-0.3, -0.25) is 9.71 Å². The van der Waals surface area contributed by atoms with Gasteiger partial charge in [-0.25, -0.2) is 8.42 Å². The summed E-state index contributed by atoms with van der Waals surface area (Å²) in [5, 5.41) is 0. The van der Waals surface area contributed by atoms with Gasteiger partial charge in [-0.2, -0.15) is 0 Å². The lowest BCUT2D eigenvalue weighted by molar-refractivity contribution is 0.601. The minimum absolute atomic E-state index is 0.192. The standard InChI is InChI=1S/C12H16N4O2S/c1-9-3-10(7-14-6-9)15-19(17,18)12-4-11(5-13)16(2)8-12/h3-4,6-8,15H,5,13H2,1-2H3. The van der Waals surface area contributed by atoms with Gasteiger partial charge in [-0.1, -0.05) is 0 Å². The number of nitrogens with two attached hydrogens (primary N) is 1. The molecule has 2 aromatic rings. The number of aryl methyl sites for hydroxylation is 2. The van der Waals surface area contributed by atoms with Crippen LogP contribution in [0, 0.1) is 6.92 Å². The predicted octanol–water partition coefficient (Wildman–Crippen LogP) is 0.988. The molecule has 2 heterocycles. The molecule has 3 N–H and O–H groups in total. The Morgan fingerprint density at radius 1 is 1.37 bits per heavy atom. The topological polar surface area (TPSA) is 90.0 Å². The van der Waals surface area contributed by atoms with Gasteiger partial charge in [0.25, 0.3) is 10.0 Å². The summed E-state index contributed by atoms with van der Waals surface area (Å²) >= 11 is 0. The number of pyridine rings is 1. The molecule has 0 bridgehead atoms. The molecular weight excluding hydrogens is 264 g/mol. The maximum absolute atomic E-state index is 12.2. The largest absolute Gasteiger partial charge is 0.352 e. The van der Waals surface area contributed by atoms with E-state index in [9.17, 15) is 8.42 Å². The number of sulfonamides is 1. The second-order valence-corrected chi connectivity index (χ2v) is 6.02. The van der Waals surface area contributed by atoms with Crippen molar-refractivity contribution in [1.29, 1.82) is 0 Å². The summed E-state index contributed by atoms with van der Waals surface area (Å²) in [4.78, 5) is 4.14. The number of nitrogens with zero attached hydrogens (tertiary/aromatic N) is 2. The number of nitrogens with one attached hydrogen (secondary N) is 1. The summed E-state index contributed by atoms with van der Waals surface area (Å²) in [5.41, 5.74) is 7.61. The van der Waals surface area contributed by atoms with E-state index in [0.29, 0.717) is 5.69 Å².